The van der Waals surface area contributed by atoms with Crippen LogP contribution >= 0.6 is 0 Å². The topological polar surface area (TPSA) is 88.9 Å². The van der Waals surface area contributed by atoms with Gasteiger partial charge in [-0.05, 0) is 5.56 Å². The summed E-state index contributed by atoms with van der Waals surface area (Å²) in [6.07, 6.45) is 5.00. The lowest BCUT2D eigenvalue weighted by Gasteiger charge is -2.14. The van der Waals surface area contributed by atoms with Gasteiger partial charge in [0.1, 0.15) is 0 Å². The number of nitrogens with one attached hydrogen (secondary N) is 1. The van der Waals surface area contributed by atoms with Gasteiger partial charge in [-0.1, -0.05) is 30.3 Å². The van der Waals surface area contributed by atoms with Crippen LogP contribution in [0.5, 0.6) is 0 Å². The molecule has 3 heterocycles. The van der Waals surface area contributed by atoms with Crippen molar-refractivity contribution < 1.29 is 9.53 Å². The lowest BCUT2D eigenvalue weighted by molar-refractivity contribution is 0.0714. The highest BCUT2D eigenvalue weighted by molar-refractivity contribution is 5.94. The number of nitrogens with zero attached hydrogens (tertiary/aromatic N) is 5. The van der Waals surface area contributed by atoms with E-state index >= 15 is 0 Å². The van der Waals surface area contributed by atoms with Crippen LogP contribution in [0.4, 0.5) is 0 Å². The quantitative estimate of drug-likeness (QED) is 0.748. The molecule has 8 nitrogen and oxygen atoms in total. The Bertz CT molecular complexity index is 861. The van der Waals surface area contributed by atoms with E-state index in [1.54, 1.807) is 35.3 Å². The predicted molar refractivity (Wildman–Crippen MR) is 93.6 cm³/mol. The van der Waals surface area contributed by atoms with Gasteiger partial charge >= 0.3 is 0 Å². The number of rotatable bonds is 5. The number of amides is 1. The maximum atomic E-state index is 12.9. The minimum absolute atomic E-state index is 0.0158. The SMILES string of the molecule is CO[C@@H]1CN(C(=O)c2cnn(Cc3ccccc3)c2)C[C@H]1c1cn[nH]n1. The van der Waals surface area contributed by atoms with E-state index in [9.17, 15) is 4.79 Å². The van der Waals surface area contributed by atoms with Crippen molar-refractivity contribution in [3.8, 4) is 0 Å². The first-order valence-electron chi connectivity index (χ1n) is 8.48. The number of hydrogen-bond acceptors (Lipinski definition) is 5. The van der Waals surface area contributed by atoms with Gasteiger partial charge in [0.15, 0.2) is 0 Å². The molecule has 1 amide bonds. The van der Waals surface area contributed by atoms with Gasteiger partial charge in [0.2, 0.25) is 0 Å². The number of benzene rings is 1. The first-order valence-corrected chi connectivity index (χ1v) is 8.48. The average molecular weight is 352 g/mol. The van der Waals surface area contributed by atoms with Crippen LogP contribution in [0.25, 0.3) is 0 Å². The summed E-state index contributed by atoms with van der Waals surface area (Å²) in [6, 6.07) is 10.0. The standard InChI is InChI=1S/C18H20N6O2/c1-26-17-12-23(11-15(17)16-8-19-22-21-16)18(25)14-7-20-24(10-14)9-13-5-3-2-4-6-13/h2-8,10,15,17H,9,11-12H2,1H3,(H,19,21,22)/t15-,17+/m0/s1. The highest BCUT2D eigenvalue weighted by Gasteiger charge is 2.38. The summed E-state index contributed by atoms with van der Waals surface area (Å²) in [5.74, 6) is -0.0283. The summed E-state index contributed by atoms with van der Waals surface area (Å²) in [5.41, 5.74) is 2.53. The van der Waals surface area contributed by atoms with Crippen molar-refractivity contribution in [1.82, 2.24) is 30.1 Å². The fourth-order valence-corrected chi connectivity index (χ4v) is 3.37. The third-order valence-electron chi connectivity index (χ3n) is 4.74. The van der Waals surface area contributed by atoms with Crippen LogP contribution in [-0.2, 0) is 11.3 Å². The Morgan fingerprint density at radius 2 is 2.12 bits per heavy atom. The van der Waals surface area contributed by atoms with E-state index in [0.29, 0.717) is 25.2 Å². The Balaban J connectivity index is 1.46. The highest BCUT2D eigenvalue weighted by atomic mass is 16.5. The smallest absolute Gasteiger partial charge is 0.257 e. The molecule has 1 N–H and O–H groups in total. The number of ether oxygens (including phenoxy) is 1. The minimum Gasteiger partial charge on any atom is -0.379 e. The van der Waals surface area contributed by atoms with Crippen LogP contribution in [0.3, 0.4) is 0 Å². The van der Waals surface area contributed by atoms with Gasteiger partial charge in [-0.2, -0.15) is 20.5 Å². The number of hydrogen-bond donors (Lipinski definition) is 1. The molecule has 1 aliphatic rings. The van der Waals surface area contributed by atoms with Crippen LogP contribution in [0, 0.1) is 0 Å². The van der Waals surface area contributed by atoms with Crippen molar-refractivity contribution in [3.63, 3.8) is 0 Å². The maximum Gasteiger partial charge on any atom is 0.257 e. The number of H-pyrrole nitrogens is 1. The number of carbonyl (C=O) groups is 1. The number of methoxy groups -OCH3 is 1. The van der Waals surface area contributed by atoms with Crippen LogP contribution in [0.2, 0.25) is 0 Å². The molecule has 1 fully saturated rings. The second-order valence-corrected chi connectivity index (χ2v) is 6.40. The Kier molecular flexibility index (Phi) is 4.49. The molecule has 0 bridgehead atoms. The number of carbonyl (C=O) groups excluding carboxylic acids is 1. The molecular weight excluding hydrogens is 332 g/mol. The number of likely N-dealkylation sites (tertiary alicyclic amines) is 1. The Morgan fingerprint density at radius 3 is 2.85 bits per heavy atom. The van der Waals surface area contributed by atoms with Crippen molar-refractivity contribution in [1.29, 1.82) is 0 Å². The molecule has 2 atom stereocenters. The van der Waals surface area contributed by atoms with Crippen LogP contribution < -0.4 is 0 Å². The summed E-state index contributed by atoms with van der Waals surface area (Å²) in [7, 11) is 1.66. The Hall–Kier alpha value is -3.00. The van der Waals surface area contributed by atoms with E-state index in [2.05, 4.69) is 20.5 Å². The van der Waals surface area contributed by atoms with Crippen LogP contribution in [-0.4, -0.2) is 62.3 Å². The molecule has 8 heteroatoms. The molecule has 1 saturated heterocycles. The molecule has 4 rings (SSSR count). The van der Waals surface area contributed by atoms with E-state index < -0.39 is 0 Å². The van der Waals surface area contributed by atoms with Crippen molar-refractivity contribution in [2.75, 3.05) is 20.2 Å². The van der Waals surface area contributed by atoms with Crippen LogP contribution in [0.15, 0.2) is 48.9 Å². The molecule has 0 saturated carbocycles. The fourth-order valence-electron chi connectivity index (χ4n) is 3.37. The van der Waals surface area contributed by atoms with E-state index in [-0.39, 0.29) is 17.9 Å². The van der Waals surface area contributed by atoms with E-state index in [1.807, 2.05) is 30.3 Å². The fraction of sp³-hybridized carbons (Fsp3) is 0.333. The molecule has 0 spiro atoms. The summed E-state index contributed by atoms with van der Waals surface area (Å²) in [6.45, 7) is 1.71. The lowest BCUT2D eigenvalue weighted by atomic mass is 10.0. The first kappa shape index (κ1) is 16.5. The van der Waals surface area contributed by atoms with Crippen molar-refractivity contribution in [3.05, 3.63) is 65.7 Å². The maximum absolute atomic E-state index is 12.9. The zero-order valence-electron chi connectivity index (χ0n) is 14.4. The lowest BCUT2D eigenvalue weighted by Crippen LogP contribution is -2.29. The zero-order chi connectivity index (χ0) is 17.9. The second-order valence-electron chi connectivity index (χ2n) is 6.40. The monoisotopic (exact) mass is 352 g/mol. The number of aromatic amines is 1. The van der Waals surface area contributed by atoms with E-state index in [0.717, 1.165) is 11.3 Å². The molecule has 0 aliphatic carbocycles. The van der Waals surface area contributed by atoms with Gasteiger partial charge in [0, 0.05) is 26.4 Å². The first-order chi connectivity index (χ1) is 12.7. The molecule has 134 valence electrons. The van der Waals surface area contributed by atoms with Gasteiger partial charge in [-0.25, -0.2) is 0 Å². The third-order valence-corrected chi connectivity index (χ3v) is 4.74. The molecule has 2 aromatic heterocycles. The normalized spacial score (nSPS) is 19.8. The largest absolute Gasteiger partial charge is 0.379 e. The van der Waals surface area contributed by atoms with Gasteiger partial charge in [0.05, 0.1) is 42.2 Å². The van der Waals surface area contributed by atoms with Gasteiger partial charge in [-0.3, -0.25) is 9.48 Å². The molecule has 0 unspecified atom stereocenters. The van der Waals surface area contributed by atoms with Crippen molar-refractivity contribution in [2.24, 2.45) is 0 Å². The highest BCUT2D eigenvalue weighted by Crippen LogP contribution is 2.28. The van der Waals surface area contributed by atoms with Crippen LogP contribution in [0.1, 0.15) is 27.5 Å². The van der Waals surface area contributed by atoms with Gasteiger partial charge in [0.25, 0.3) is 5.91 Å². The second kappa shape index (κ2) is 7.09. The zero-order valence-corrected chi connectivity index (χ0v) is 14.4. The predicted octanol–water partition coefficient (Wildman–Crippen LogP) is 1.30. The summed E-state index contributed by atoms with van der Waals surface area (Å²) in [4.78, 5) is 14.7. The summed E-state index contributed by atoms with van der Waals surface area (Å²) < 4.78 is 7.33. The van der Waals surface area contributed by atoms with Crippen molar-refractivity contribution >= 4 is 5.91 Å². The van der Waals surface area contributed by atoms with Gasteiger partial charge in [-0.15, -0.1) is 0 Å². The van der Waals surface area contributed by atoms with Gasteiger partial charge < -0.3 is 9.64 Å². The van der Waals surface area contributed by atoms with E-state index in [1.165, 1.54) is 0 Å². The minimum atomic E-state index is -0.0941. The molecule has 3 aromatic rings. The number of aromatic nitrogens is 5. The Labute approximate surface area is 150 Å². The molecule has 1 aliphatic heterocycles. The Morgan fingerprint density at radius 1 is 1.27 bits per heavy atom. The van der Waals surface area contributed by atoms with Crippen molar-refractivity contribution in [2.45, 2.75) is 18.6 Å². The molecule has 26 heavy (non-hydrogen) atoms. The average Bonchev–Trinajstić information content (AvgIpc) is 3.41. The molecule has 0 radical (unpaired) electrons. The molecule has 1 aromatic carbocycles. The molecular formula is C18H20N6O2. The third kappa shape index (κ3) is 3.23. The van der Waals surface area contributed by atoms with E-state index in [4.69, 9.17) is 4.74 Å². The summed E-state index contributed by atoms with van der Waals surface area (Å²) in [5, 5.41) is 14.9. The summed E-state index contributed by atoms with van der Waals surface area (Å²) >= 11 is 0.